The van der Waals surface area contributed by atoms with E-state index in [9.17, 15) is 4.79 Å². The number of ether oxygens (including phenoxy) is 1. The van der Waals surface area contributed by atoms with E-state index in [0.29, 0.717) is 17.0 Å². The van der Waals surface area contributed by atoms with Crippen LogP contribution in [0.25, 0.3) is 22.6 Å². The van der Waals surface area contributed by atoms with Crippen LogP contribution in [0.1, 0.15) is 60.2 Å². The van der Waals surface area contributed by atoms with E-state index in [2.05, 4.69) is 41.8 Å². The third-order valence-electron chi connectivity index (χ3n) is 6.88. The standard InChI is InChI=1S/C29H29ClN6O2/c1-29(2,3)18-13-17(11-16-7-6-8-19(30)12-16)25-21(14-18)24(20-9-4-5-10-22(20)33-25)26(37)38-15-23-34-27(31)36-28(32)35-23/h4-12,18H,13-15H2,1-3H3,(H4,31,32,34,35,36). The molecule has 4 N–H and O–H groups in total. The molecule has 9 heteroatoms. The van der Waals surface area contributed by atoms with E-state index in [1.165, 1.54) is 0 Å². The van der Waals surface area contributed by atoms with Crippen LogP contribution in [-0.2, 0) is 17.8 Å². The summed E-state index contributed by atoms with van der Waals surface area (Å²) in [4.78, 5) is 30.6. The number of benzene rings is 2. The highest BCUT2D eigenvalue weighted by Gasteiger charge is 2.35. The first kappa shape index (κ1) is 25.6. The molecule has 1 atom stereocenters. The minimum Gasteiger partial charge on any atom is -0.454 e. The molecular formula is C29H29ClN6O2. The number of rotatable bonds is 4. The van der Waals surface area contributed by atoms with E-state index in [4.69, 9.17) is 32.8 Å². The normalized spacial score (nSPS) is 16.4. The van der Waals surface area contributed by atoms with Gasteiger partial charge in [-0.2, -0.15) is 15.0 Å². The van der Waals surface area contributed by atoms with E-state index >= 15 is 0 Å². The molecule has 2 aromatic carbocycles. The molecule has 0 saturated carbocycles. The summed E-state index contributed by atoms with van der Waals surface area (Å²) in [6, 6.07) is 15.3. The first-order valence-electron chi connectivity index (χ1n) is 12.4. The van der Waals surface area contributed by atoms with Gasteiger partial charge in [0.1, 0.15) is 0 Å². The van der Waals surface area contributed by atoms with Crippen molar-refractivity contribution in [2.24, 2.45) is 11.3 Å². The predicted molar refractivity (Wildman–Crippen MR) is 150 cm³/mol. The molecule has 38 heavy (non-hydrogen) atoms. The molecule has 0 fully saturated rings. The maximum Gasteiger partial charge on any atom is 0.339 e. The lowest BCUT2D eigenvalue weighted by molar-refractivity contribution is 0.0462. The Bertz CT molecular complexity index is 1560. The number of carbonyl (C=O) groups excluding carboxylic acids is 1. The number of aromatic nitrogens is 4. The Morgan fingerprint density at radius 3 is 2.47 bits per heavy atom. The minimum atomic E-state index is -0.478. The number of hydrogen-bond acceptors (Lipinski definition) is 8. The molecular weight excluding hydrogens is 500 g/mol. The number of nitrogens with zero attached hydrogens (tertiary/aromatic N) is 4. The SMILES string of the molecule is CC(C)(C)C1CC(=Cc2cccc(Cl)c2)c2nc3ccccc3c(C(=O)OCc3nc(N)nc(N)n3)c2C1. The smallest absolute Gasteiger partial charge is 0.339 e. The van der Waals surface area contributed by atoms with Crippen molar-refractivity contribution in [3.05, 3.63) is 81.8 Å². The fourth-order valence-corrected chi connectivity index (χ4v) is 5.09. The highest BCUT2D eigenvalue weighted by molar-refractivity contribution is 6.30. The van der Waals surface area contributed by atoms with Crippen LogP contribution in [0.15, 0.2) is 48.5 Å². The number of fused-ring (bicyclic) bond motifs is 2. The van der Waals surface area contributed by atoms with E-state index in [1.807, 2.05) is 48.5 Å². The predicted octanol–water partition coefficient (Wildman–Crippen LogP) is 5.74. The van der Waals surface area contributed by atoms with Crippen molar-refractivity contribution in [2.45, 2.75) is 40.2 Å². The summed E-state index contributed by atoms with van der Waals surface area (Å²) in [5, 5.41) is 1.40. The van der Waals surface area contributed by atoms with Crippen molar-refractivity contribution < 1.29 is 9.53 Å². The number of allylic oxidation sites excluding steroid dienone is 1. The second-order valence-corrected chi connectivity index (χ2v) is 11.0. The van der Waals surface area contributed by atoms with Gasteiger partial charge in [-0.25, -0.2) is 9.78 Å². The van der Waals surface area contributed by atoms with Gasteiger partial charge < -0.3 is 16.2 Å². The number of esters is 1. The molecule has 194 valence electrons. The van der Waals surface area contributed by atoms with Crippen molar-refractivity contribution in [1.29, 1.82) is 0 Å². The van der Waals surface area contributed by atoms with Gasteiger partial charge in [-0.1, -0.05) is 62.7 Å². The van der Waals surface area contributed by atoms with E-state index in [1.54, 1.807) is 0 Å². The quantitative estimate of drug-likeness (QED) is 0.320. The third-order valence-corrected chi connectivity index (χ3v) is 7.12. The Morgan fingerprint density at radius 2 is 1.76 bits per heavy atom. The maximum atomic E-state index is 13.7. The molecule has 8 nitrogen and oxygen atoms in total. The molecule has 1 aliphatic rings. The van der Waals surface area contributed by atoms with Gasteiger partial charge in [0.25, 0.3) is 0 Å². The van der Waals surface area contributed by atoms with Crippen LogP contribution in [0.2, 0.25) is 5.02 Å². The number of nitrogen functional groups attached to an aromatic ring is 2. The number of halogens is 1. The lowest BCUT2D eigenvalue weighted by Crippen LogP contribution is -2.28. The fraction of sp³-hybridized carbons (Fsp3) is 0.276. The molecule has 0 saturated heterocycles. The number of pyridine rings is 1. The van der Waals surface area contributed by atoms with Crippen LogP contribution in [0.3, 0.4) is 0 Å². The van der Waals surface area contributed by atoms with Gasteiger partial charge in [0.2, 0.25) is 11.9 Å². The Balaban J connectivity index is 1.64. The summed E-state index contributed by atoms with van der Waals surface area (Å²) in [5.74, 6) is -0.0740. The summed E-state index contributed by atoms with van der Waals surface area (Å²) in [6.45, 7) is 6.49. The van der Waals surface area contributed by atoms with Gasteiger partial charge in [0.05, 0.1) is 16.8 Å². The lowest BCUT2D eigenvalue weighted by Gasteiger charge is -2.36. The molecule has 5 rings (SSSR count). The lowest BCUT2D eigenvalue weighted by atomic mass is 9.69. The van der Waals surface area contributed by atoms with Gasteiger partial charge in [-0.05, 0) is 65.1 Å². The Hall–Kier alpha value is -4.04. The van der Waals surface area contributed by atoms with Crippen LogP contribution in [0.4, 0.5) is 11.9 Å². The third kappa shape index (κ3) is 5.31. The van der Waals surface area contributed by atoms with Crippen LogP contribution in [0.5, 0.6) is 0 Å². The Kier molecular flexibility index (Phi) is 6.75. The van der Waals surface area contributed by atoms with Gasteiger partial charge in [-0.3, -0.25) is 0 Å². The number of hydrogen-bond donors (Lipinski definition) is 2. The molecule has 0 amide bonds. The van der Waals surface area contributed by atoms with Gasteiger partial charge in [0, 0.05) is 10.4 Å². The molecule has 4 aromatic rings. The van der Waals surface area contributed by atoms with Gasteiger partial charge in [-0.15, -0.1) is 0 Å². The van der Waals surface area contributed by atoms with E-state index in [-0.39, 0.29) is 35.7 Å². The summed E-state index contributed by atoms with van der Waals surface area (Å²) in [6.07, 6.45) is 3.64. The van der Waals surface area contributed by atoms with Crippen molar-refractivity contribution in [3.63, 3.8) is 0 Å². The molecule has 0 spiro atoms. The van der Waals surface area contributed by atoms with Crippen molar-refractivity contribution >= 4 is 52.0 Å². The maximum absolute atomic E-state index is 13.7. The minimum absolute atomic E-state index is 0.00212. The van der Waals surface area contributed by atoms with Crippen LogP contribution < -0.4 is 11.5 Å². The molecule has 2 heterocycles. The molecule has 1 unspecified atom stereocenters. The summed E-state index contributed by atoms with van der Waals surface area (Å²) < 4.78 is 5.72. The number of anilines is 2. The van der Waals surface area contributed by atoms with E-state index in [0.717, 1.165) is 39.7 Å². The average molecular weight is 529 g/mol. The second kappa shape index (κ2) is 10.0. The van der Waals surface area contributed by atoms with Gasteiger partial charge in [0.15, 0.2) is 12.4 Å². The topological polar surface area (TPSA) is 130 Å². The molecule has 0 aliphatic heterocycles. The first-order valence-corrected chi connectivity index (χ1v) is 12.8. The first-order chi connectivity index (χ1) is 18.1. The van der Waals surface area contributed by atoms with Crippen molar-refractivity contribution in [1.82, 2.24) is 19.9 Å². The second-order valence-electron chi connectivity index (χ2n) is 10.6. The molecule has 0 radical (unpaired) electrons. The molecule has 2 aromatic heterocycles. The number of para-hydroxylation sites is 1. The average Bonchev–Trinajstić information content (AvgIpc) is 2.85. The zero-order valence-electron chi connectivity index (χ0n) is 21.5. The summed E-state index contributed by atoms with van der Waals surface area (Å²) in [5.41, 5.74) is 16.3. The van der Waals surface area contributed by atoms with Crippen molar-refractivity contribution in [3.8, 4) is 0 Å². The number of nitrogens with two attached hydrogens (primary N) is 2. The molecule has 0 bridgehead atoms. The zero-order chi connectivity index (χ0) is 27.0. The molecule has 1 aliphatic carbocycles. The van der Waals surface area contributed by atoms with E-state index < -0.39 is 5.97 Å². The van der Waals surface area contributed by atoms with Crippen molar-refractivity contribution in [2.75, 3.05) is 11.5 Å². The highest BCUT2D eigenvalue weighted by Crippen LogP contribution is 2.45. The summed E-state index contributed by atoms with van der Waals surface area (Å²) in [7, 11) is 0. The number of carbonyl (C=O) groups is 1. The monoisotopic (exact) mass is 528 g/mol. The Labute approximate surface area is 226 Å². The Morgan fingerprint density at radius 1 is 1.03 bits per heavy atom. The van der Waals surface area contributed by atoms with Crippen LogP contribution in [0, 0.1) is 11.3 Å². The van der Waals surface area contributed by atoms with Gasteiger partial charge >= 0.3 is 5.97 Å². The zero-order valence-corrected chi connectivity index (χ0v) is 22.3. The summed E-state index contributed by atoms with van der Waals surface area (Å²) >= 11 is 6.28. The fourth-order valence-electron chi connectivity index (χ4n) is 4.89. The van der Waals surface area contributed by atoms with Crippen LogP contribution in [-0.4, -0.2) is 25.9 Å². The highest BCUT2D eigenvalue weighted by atomic mass is 35.5. The van der Waals surface area contributed by atoms with Crippen LogP contribution >= 0.6 is 11.6 Å². The largest absolute Gasteiger partial charge is 0.454 e.